The molecule has 1 amide bonds. The monoisotopic (exact) mass is 352 g/mol. The Morgan fingerprint density at radius 1 is 1.27 bits per heavy atom. The summed E-state index contributed by atoms with van der Waals surface area (Å²) in [6.45, 7) is 2.70. The van der Waals surface area contributed by atoms with Crippen molar-refractivity contribution in [2.45, 2.75) is 31.8 Å². The first-order valence-corrected chi connectivity index (χ1v) is 9.21. The summed E-state index contributed by atoms with van der Waals surface area (Å²) in [5.74, 6) is 1.49. The number of carbonyl (C=O) groups excluding carboxylic acids is 1. The number of hydrogen-bond donors (Lipinski definition) is 0. The van der Waals surface area contributed by atoms with Crippen molar-refractivity contribution in [2.24, 2.45) is 0 Å². The van der Waals surface area contributed by atoms with E-state index in [4.69, 9.17) is 9.72 Å². The fourth-order valence-electron chi connectivity index (χ4n) is 3.71. The van der Waals surface area contributed by atoms with Crippen LogP contribution in [-0.2, 0) is 17.8 Å². The summed E-state index contributed by atoms with van der Waals surface area (Å²) in [5, 5.41) is 0. The van der Waals surface area contributed by atoms with Gasteiger partial charge in [0.05, 0.1) is 6.04 Å². The van der Waals surface area contributed by atoms with Crippen LogP contribution in [-0.4, -0.2) is 52.4 Å². The molecule has 136 valence electrons. The van der Waals surface area contributed by atoms with Crippen molar-refractivity contribution in [3.63, 3.8) is 0 Å². The summed E-state index contributed by atoms with van der Waals surface area (Å²) in [6, 6.07) is 9.41. The van der Waals surface area contributed by atoms with Crippen LogP contribution in [0.4, 0.5) is 0 Å². The van der Waals surface area contributed by atoms with E-state index < -0.39 is 0 Å². The highest BCUT2D eigenvalue weighted by atomic mass is 16.5. The summed E-state index contributed by atoms with van der Waals surface area (Å²) < 4.78 is 5.63. The average molecular weight is 352 g/mol. The van der Waals surface area contributed by atoms with E-state index in [-0.39, 0.29) is 18.6 Å². The maximum atomic E-state index is 12.7. The van der Waals surface area contributed by atoms with Crippen molar-refractivity contribution < 1.29 is 9.53 Å². The number of nitrogens with zero attached hydrogens (tertiary/aromatic N) is 4. The third-order valence-corrected chi connectivity index (χ3v) is 5.12. The van der Waals surface area contributed by atoms with Gasteiger partial charge in [0.1, 0.15) is 5.75 Å². The molecular weight excluding hydrogens is 328 g/mol. The number of likely N-dealkylation sites (N-methyl/N-ethyl adjacent to an activating group) is 1. The molecule has 0 bridgehead atoms. The second-order valence-corrected chi connectivity index (χ2v) is 7.03. The zero-order chi connectivity index (χ0) is 17.9. The average Bonchev–Trinajstić information content (AvgIpc) is 3.16. The largest absolute Gasteiger partial charge is 0.484 e. The minimum Gasteiger partial charge on any atom is -0.484 e. The van der Waals surface area contributed by atoms with Gasteiger partial charge in [-0.3, -0.25) is 4.79 Å². The van der Waals surface area contributed by atoms with Crippen molar-refractivity contribution in [1.82, 2.24) is 19.8 Å². The normalized spacial score (nSPS) is 20.0. The molecule has 0 saturated carbocycles. The number of hydrogen-bond acceptors (Lipinski definition) is 5. The van der Waals surface area contributed by atoms with Crippen LogP contribution in [0.2, 0.25) is 0 Å². The molecule has 2 aromatic rings. The van der Waals surface area contributed by atoms with E-state index in [9.17, 15) is 4.79 Å². The lowest BCUT2D eigenvalue weighted by atomic mass is 10.1. The van der Waals surface area contributed by atoms with E-state index in [0.29, 0.717) is 5.75 Å². The van der Waals surface area contributed by atoms with Crippen molar-refractivity contribution in [2.75, 3.05) is 26.7 Å². The van der Waals surface area contributed by atoms with Crippen LogP contribution in [0.3, 0.4) is 0 Å². The lowest BCUT2D eigenvalue weighted by Crippen LogP contribution is -2.35. The van der Waals surface area contributed by atoms with Crippen LogP contribution in [0.1, 0.15) is 36.0 Å². The topological polar surface area (TPSA) is 58.6 Å². The first-order chi connectivity index (χ1) is 12.7. The van der Waals surface area contributed by atoms with Gasteiger partial charge in [0.25, 0.3) is 5.91 Å². The Bertz CT molecular complexity index is 781. The Balaban J connectivity index is 1.45. The second-order valence-electron chi connectivity index (χ2n) is 7.03. The molecule has 2 aliphatic heterocycles. The van der Waals surface area contributed by atoms with Crippen molar-refractivity contribution >= 4 is 5.91 Å². The number of para-hydroxylation sites is 1. The van der Waals surface area contributed by atoms with Crippen molar-refractivity contribution in [3.05, 3.63) is 53.6 Å². The summed E-state index contributed by atoms with van der Waals surface area (Å²) in [5.41, 5.74) is 2.33. The number of benzene rings is 1. The molecule has 3 heterocycles. The van der Waals surface area contributed by atoms with Gasteiger partial charge in [-0.25, -0.2) is 9.97 Å². The number of ether oxygens (including phenoxy) is 1. The third kappa shape index (κ3) is 3.55. The molecule has 0 aliphatic carbocycles. The Kier molecular flexibility index (Phi) is 4.84. The first kappa shape index (κ1) is 17.0. The number of fused-ring (bicyclic) bond motifs is 1. The molecule has 1 atom stereocenters. The predicted octanol–water partition coefficient (Wildman–Crippen LogP) is 2.21. The van der Waals surface area contributed by atoms with E-state index in [0.717, 1.165) is 50.4 Å². The Morgan fingerprint density at radius 2 is 2.12 bits per heavy atom. The van der Waals surface area contributed by atoms with Crippen LogP contribution >= 0.6 is 0 Å². The summed E-state index contributed by atoms with van der Waals surface area (Å²) >= 11 is 0. The SMILES string of the molecule is CN1CCc2nc([C@H]3CCCN3C(=O)COc3ccccc3)ncc2C1. The van der Waals surface area contributed by atoms with Gasteiger partial charge in [-0.2, -0.15) is 0 Å². The molecule has 0 unspecified atom stereocenters. The van der Waals surface area contributed by atoms with Crippen LogP contribution in [0.5, 0.6) is 5.75 Å². The fourth-order valence-corrected chi connectivity index (χ4v) is 3.71. The molecule has 1 aromatic carbocycles. The second kappa shape index (κ2) is 7.41. The highest BCUT2D eigenvalue weighted by Crippen LogP contribution is 2.31. The summed E-state index contributed by atoms with van der Waals surface area (Å²) in [4.78, 5) is 26.2. The molecule has 6 nitrogen and oxygen atoms in total. The van der Waals surface area contributed by atoms with Gasteiger partial charge in [0.2, 0.25) is 0 Å². The summed E-state index contributed by atoms with van der Waals surface area (Å²) in [6.07, 6.45) is 4.77. The fraction of sp³-hybridized carbons (Fsp3) is 0.450. The molecule has 0 spiro atoms. The first-order valence-electron chi connectivity index (χ1n) is 9.21. The molecule has 0 radical (unpaired) electrons. The predicted molar refractivity (Wildman–Crippen MR) is 97.7 cm³/mol. The highest BCUT2D eigenvalue weighted by molar-refractivity contribution is 5.78. The Hall–Kier alpha value is -2.47. The number of amides is 1. The molecule has 1 fully saturated rings. The zero-order valence-corrected chi connectivity index (χ0v) is 15.1. The minimum absolute atomic E-state index is 0.00240. The lowest BCUT2D eigenvalue weighted by Gasteiger charge is -2.27. The molecule has 1 saturated heterocycles. The molecule has 0 N–H and O–H groups in total. The van der Waals surface area contributed by atoms with Gasteiger partial charge >= 0.3 is 0 Å². The molecule has 26 heavy (non-hydrogen) atoms. The number of likely N-dealkylation sites (tertiary alicyclic amines) is 1. The number of rotatable bonds is 4. The molecule has 1 aromatic heterocycles. The van der Waals surface area contributed by atoms with Crippen LogP contribution in [0.25, 0.3) is 0 Å². The van der Waals surface area contributed by atoms with Crippen molar-refractivity contribution in [1.29, 1.82) is 0 Å². The zero-order valence-electron chi connectivity index (χ0n) is 15.1. The van der Waals surface area contributed by atoms with Gasteiger partial charge in [0.15, 0.2) is 12.4 Å². The van der Waals surface area contributed by atoms with Crippen LogP contribution < -0.4 is 4.74 Å². The standard InChI is InChI=1S/C20H24N4O2/c1-23-11-9-17-15(13-23)12-21-20(22-17)18-8-5-10-24(18)19(25)14-26-16-6-3-2-4-7-16/h2-4,6-7,12,18H,5,8-11,13-14H2,1H3/t18-/m1/s1. The van der Waals surface area contributed by atoms with Gasteiger partial charge in [-0.15, -0.1) is 0 Å². The van der Waals surface area contributed by atoms with Gasteiger partial charge in [-0.05, 0) is 32.0 Å². The van der Waals surface area contributed by atoms with Crippen LogP contribution in [0, 0.1) is 0 Å². The molecule has 6 heteroatoms. The van der Waals surface area contributed by atoms with E-state index >= 15 is 0 Å². The highest BCUT2D eigenvalue weighted by Gasteiger charge is 2.32. The van der Waals surface area contributed by atoms with E-state index in [1.54, 1.807) is 0 Å². The summed E-state index contributed by atoms with van der Waals surface area (Å²) in [7, 11) is 2.11. The maximum absolute atomic E-state index is 12.7. The van der Waals surface area contributed by atoms with Gasteiger partial charge < -0.3 is 14.5 Å². The maximum Gasteiger partial charge on any atom is 0.261 e. The number of carbonyl (C=O) groups is 1. The van der Waals surface area contributed by atoms with E-state index in [1.807, 2.05) is 41.4 Å². The molecule has 2 aliphatic rings. The number of aromatic nitrogens is 2. The smallest absolute Gasteiger partial charge is 0.261 e. The quantitative estimate of drug-likeness (QED) is 0.844. The lowest BCUT2D eigenvalue weighted by molar-refractivity contribution is -0.134. The van der Waals surface area contributed by atoms with Crippen LogP contribution in [0.15, 0.2) is 36.5 Å². The van der Waals surface area contributed by atoms with E-state index in [1.165, 1.54) is 5.56 Å². The van der Waals surface area contributed by atoms with Crippen molar-refractivity contribution in [3.8, 4) is 5.75 Å². The van der Waals surface area contributed by atoms with E-state index in [2.05, 4.69) is 16.9 Å². The van der Waals surface area contributed by atoms with Gasteiger partial charge in [-0.1, -0.05) is 18.2 Å². The Labute approximate surface area is 153 Å². The Morgan fingerprint density at radius 3 is 2.96 bits per heavy atom. The minimum atomic E-state index is -0.0353. The van der Waals surface area contributed by atoms with Gasteiger partial charge in [0, 0.05) is 43.5 Å². The molecular formula is C20H24N4O2. The third-order valence-electron chi connectivity index (χ3n) is 5.12. The molecule has 4 rings (SSSR count).